The highest BCUT2D eigenvalue weighted by atomic mass is 16.5. The molecule has 1 saturated heterocycles. The van der Waals surface area contributed by atoms with Crippen LogP contribution in [-0.2, 0) is 14.3 Å². The number of benzene rings is 2. The van der Waals surface area contributed by atoms with Crippen LogP contribution >= 0.6 is 0 Å². The Morgan fingerprint density at radius 1 is 1.12 bits per heavy atom. The Labute approximate surface area is 141 Å². The molecular weight excluding hydrogens is 304 g/mol. The molecule has 2 aromatic carbocycles. The number of anilines is 1. The second-order valence-electron chi connectivity index (χ2n) is 5.70. The molecule has 5 heteroatoms. The van der Waals surface area contributed by atoms with Gasteiger partial charge in [0.1, 0.15) is 6.04 Å². The number of nitrogens with one attached hydrogen (secondary N) is 1. The minimum absolute atomic E-state index is 0.0857. The van der Waals surface area contributed by atoms with Crippen LogP contribution in [0.5, 0.6) is 0 Å². The minimum atomic E-state index is -0.718. The molecule has 5 nitrogen and oxygen atoms in total. The van der Waals surface area contributed by atoms with E-state index in [1.54, 1.807) is 4.90 Å². The average molecular weight is 324 g/mol. The zero-order chi connectivity index (χ0) is 16.9. The summed E-state index contributed by atoms with van der Waals surface area (Å²) in [5.74, 6) is -0.380. The third kappa shape index (κ3) is 3.31. The van der Waals surface area contributed by atoms with Gasteiger partial charge in [0, 0.05) is 19.3 Å². The van der Waals surface area contributed by atoms with Gasteiger partial charge < -0.3 is 15.0 Å². The molecule has 0 saturated carbocycles. The Morgan fingerprint density at radius 3 is 2.38 bits per heavy atom. The predicted molar refractivity (Wildman–Crippen MR) is 91.5 cm³/mol. The number of carbonyl (C=O) groups is 2. The van der Waals surface area contributed by atoms with Crippen molar-refractivity contribution in [2.75, 3.05) is 18.6 Å². The number of nitrogens with zero attached hydrogens (tertiary/aromatic N) is 1. The molecule has 2 aromatic rings. The van der Waals surface area contributed by atoms with Gasteiger partial charge in [0.05, 0.1) is 0 Å². The highest BCUT2D eigenvalue weighted by Gasteiger charge is 2.35. The lowest BCUT2D eigenvalue weighted by Crippen LogP contribution is -2.43. The number of hydrogen-bond acceptors (Lipinski definition) is 3. The van der Waals surface area contributed by atoms with E-state index in [1.165, 1.54) is 7.11 Å². The Balaban J connectivity index is 1.68. The highest BCUT2D eigenvalue weighted by Crippen LogP contribution is 2.22. The van der Waals surface area contributed by atoms with Crippen LogP contribution in [0.15, 0.2) is 60.7 Å². The van der Waals surface area contributed by atoms with Gasteiger partial charge in [0.15, 0.2) is 6.10 Å². The van der Waals surface area contributed by atoms with E-state index >= 15 is 0 Å². The van der Waals surface area contributed by atoms with Gasteiger partial charge in [-0.2, -0.15) is 0 Å². The van der Waals surface area contributed by atoms with Crippen LogP contribution < -0.4 is 10.2 Å². The second kappa shape index (κ2) is 7.27. The molecule has 24 heavy (non-hydrogen) atoms. The monoisotopic (exact) mass is 324 g/mol. The molecule has 2 amide bonds. The molecule has 1 aliphatic rings. The van der Waals surface area contributed by atoms with E-state index < -0.39 is 12.1 Å². The second-order valence-corrected chi connectivity index (χ2v) is 5.70. The molecule has 0 aromatic heterocycles. The molecule has 1 N–H and O–H groups in total. The average Bonchev–Trinajstić information content (AvgIpc) is 2.98. The van der Waals surface area contributed by atoms with Gasteiger partial charge in [0.2, 0.25) is 5.91 Å². The van der Waals surface area contributed by atoms with Crippen LogP contribution in [0.1, 0.15) is 18.1 Å². The molecule has 0 bridgehead atoms. The molecule has 3 rings (SSSR count). The zero-order valence-electron chi connectivity index (χ0n) is 13.5. The molecule has 0 radical (unpaired) electrons. The van der Waals surface area contributed by atoms with E-state index in [4.69, 9.17) is 4.74 Å². The van der Waals surface area contributed by atoms with Crippen LogP contribution in [0.4, 0.5) is 5.69 Å². The minimum Gasteiger partial charge on any atom is -0.367 e. The first kappa shape index (κ1) is 16.2. The maximum atomic E-state index is 12.6. The summed E-state index contributed by atoms with van der Waals surface area (Å²) >= 11 is 0. The number of ether oxygens (including phenoxy) is 1. The summed E-state index contributed by atoms with van der Waals surface area (Å²) in [6, 6.07) is 18.2. The summed E-state index contributed by atoms with van der Waals surface area (Å²) < 4.78 is 5.32. The normalized spacial score (nSPS) is 18.5. The number of hydrogen-bond donors (Lipinski definition) is 1. The van der Waals surface area contributed by atoms with E-state index in [0.717, 1.165) is 11.3 Å². The van der Waals surface area contributed by atoms with E-state index in [-0.39, 0.29) is 11.8 Å². The van der Waals surface area contributed by atoms with Gasteiger partial charge in [-0.3, -0.25) is 9.59 Å². The first-order valence-corrected chi connectivity index (χ1v) is 7.95. The van der Waals surface area contributed by atoms with E-state index in [0.29, 0.717) is 13.0 Å². The highest BCUT2D eigenvalue weighted by molar-refractivity contribution is 6.01. The van der Waals surface area contributed by atoms with Crippen LogP contribution in [0.2, 0.25) is 0 Å². The van der Waals surface area contributed by atoms with E-state index in [2.05, 4.69) is 5.32 Å². The number of carbonyl (C=O) groups excluding carboxylic acids is 2. The van der Waals surface area contributed by atoms with Gasteiger partial charge in [0.25, 0.3) is 5.91 Å². The maximum absolute atomic E-state index is 12.6. The Hall–Kier alpha value is -2.66. The van der Waals surface area contributed by atoms with Crippen molar-refractivity contribution in [1.82, 2.24) is 5.32 Å². The number of para-hydroxylation sites is 1. The van der Waals surface area contributed by atoms with Crippen LogP contribution in [0.25, 0.3) is 0 Å². The standard InChI is InChI=1S/C19H20N2O3/c1-24-17(14-8-4-2-5-9-14)18(22)20-16-12-13-21(19(16)23)15-10-6-3-7-11-15/h2-11,16-17H,12-13H2,1H3,(H,20,22)/t16-,17+/m1/s1. The lowest BCUT2D eigenvalue weighted by molar-refractivity contribution is -0.134. The predicted octanol–water partition coefficient (Wildman–Crippen LogP) is 2.30. The Morgan fingerprint density at radius 2 is 1.75 bits per heavy atom. The summed E-state index contributed by atoms with van der Waals surface area (Å²) in [5.41, 5.74) is 1.62. The van der Waals surface area contributed by atoms with Crippen molar-refractivity contribution < 1.29 is 14.3 Å². The smallest absolute Gasteiger partial charge is 0.254 e. The molecule has 0 aliphatic carbocycles. The molecule has 2 atom stereocenters. The number of methoxy groups -OCH3 is 1. The van der Waals surface area contributed by atoms with Crippen molar-refractivity contribution in [2.24, 2.45) is 0 Å². The lowest BCUT2D eigenvalue weighted by atomic mass is 10.1. The van der Waals surface area contributed by atoms with Crippen molar-refractivity contribution in [3.05, 3.63) is 66.2 Å². The largest absolute Gasteiger partial charge is 0.367 e. The Bertz CT molecular complexity index is 703. The lowest BCUT2D eigenvalue weighted by Gasteiger charge is -2.20. The molecule has 1 aliphatic heterocycles. The fourth-order valence-electron chi connectivity index (χ4n) is 2.95. The summed E-state index contributed by atoms with van der Waals surface area (Å²) in [5, 5.41) is 2.82. The van der Waals surface area contributed by atoms with Crippen molar-refractivity contribution >= 4 is 17.5 Å². The number of amides is 2. The van der Waals surface area contributed by atoms with Crippen molar-refractivity contribution in [3.8, 4) is 0 Å². The molecule has 124 valence electrons. The first-order chi connectivity index (χ1) is 11.7. The third-order valence-electron chi connectivity index (χ3n) is 4.17. The molecule has 1 fully saturated rings. The Kier molecular flexibility index (Phi) is 4.91. The SMILES string of the molecule is CO[C@H](C(=O)N[C@@H]1CCN(c2ccccc2)C1=O)c1ccccc1. The fraction of sp³-hybridized carbons (Fsp3) is 0.263. The summed E-state index contributed by atoms with van der Waals surface area (Å²) in [7, 11) is 1.49. The van der Waals surface area contributed by atoms with Gasteiger partial charge >= 0.3 is 0 Å². The molecule has 0 unspecified atom stereocenters. The molecule has 0 spiro atoms. The molecule has 1 heterocycles. The van der Waals surface area contributed by atoms with E-state index in [1.807, 2.05) is 60.7 Å². The van der Waals surface area contributed by atoms with E-state index in [9.17, 15) is 9.59 Å². The van der Waals surface area contributed by atoms with Gasteiger partial charge in [-0.25, -0.2) is 0 Å². The van der Waals surface area contributed by atoms with Gasteiger partial charge in [-0.15, -0.1) is 0 Å². The number of rotatable bonds is 5. The summed E-state index contributed by atoms with van der Waals surface area (Å²) in [4.78, 5) is 26.8. The fourth-order valence-corrected chi connectivity index (χ4v) is 2.95. The van der Waals surface area contributed by atoms with Gasteiger partial charge in [-0.1, -0.05) is 48.5 Å². The zero-order valence-corrected chi connectivity index (χ0v) is 13.5. The van der Waals surface area contributed by atoms with Crippen LogP contribution in [0.3, 0.4) is 0 Å². The van der Waals surface area contributed by atoms with Crippen molar-refractivity contribution in [3.63, 3.8) is 0 Å². The van der Waals surface area contributed by atoms with Gasteiger partial charge in [-0.05, 0) is 24.1 Å². The molecular formula is C19H20N2O3. The van der Waals surface area contributed by atoms with Crippen LogP contribution in [0, 0.1) is 0 Å². The third-order valence-corrected chi connectivity index (χ3v) is 4.17. The maximum Gasteiger partial charge on any atom is 0.254 e. The first-order valence-electron chi connectivity index (χ1n) is 7.95. The summed E-state index contributed by atoms with van der Waals surface area (Å²) in [6.07, 6.45) is -0.130. The topological polar surface area (TPSA) is 58.6 Å². The summed E-state index contributed by atoms with van der Waals surface area (Å²) in [6.45, 7) is 0.594. The van der Waals surface area contributed by atoms with Crippen molar-refractivity contribution in [2.45, 2.75) is 18.6 Å². The quantitative estimate of drug-likeness (QED) is 0.918. The van der Waals surface area contributed by atoms with Crippen molar-refractivity contribution in [1.29, 1.82) is 0 Å². The van der Waals surface area contributed by atoms with Crippen LogP contribution in [-0.4, -0.2) is 31.5 Å².